The van der Waals surface area contributed by atoms with Gasteiger partial charge >= 0.3 is 0 Å². The van der Waals surface area contributed by atoms with Crippen molar-refractivity contribution in [2.24, 2.45) is 0 Å². The molecule has 5 nitrogen and oxygen atoms in total. The van der Waals surface area contributed by atoms with Crippen molar-refractivity contribution in [1.82, 2.24) is 9.97 Å². The first-order valence-electron chi connectivity index (χ1n) is 8.63. The molecule has 25 heavy (non-hydrogen) atoms. The standard InChI is InChI=1S/C19H23N3O2S/c1-12-14(18(24)22-19(20-12)25-2)10-11-17(23)21-16-9-5-7-13-6-3-4-8-15(13)16/h5,7,9H,3-4,6,8,10-11H2,1-2H3,(H,21,23)(H,20,22,24). The van der Waals surface area contributed by atoms with E-state index in [-0.39, 0.29) is 17.9 Å². The number of fused-ring (bicyclic) bond motifs is 1. The molecule has 1 amide bonds. The molecule has 1 aliphatic rings. The van der Waals surface area contributed by atoms with Crippen LogP contribution < -0.4 is 10.9 Å². The number of H-pyrrole nitrogens is 1. The lowest BCUT2D eigenvalue weighted by Gasteiger charge is -2.19. The minimum atomic E-state index is -0.151. The molecular formula is C19H23N3O2S. The Bertz CT molecular complexity index is 845. The van der Waals surface area contributed by atoms with E-state index in [1.54, 1.807) is 0 Å². The zero-order chi connectivity index (χ0) is 17.8. The molecule has 0 radical (unpaired) electrons. The second-order valence-corrected chi connectivity index (χ2v) is 7.13. The number of hydrogen-bond acceptors (Lipinski definition) is 4. The normalized spacial score (nSPS) is 13.4. The molecule has 1 aromatic carbocycles. The molecular weight excluding hydrogens is 334 g/mol. The highest BCUT2D eigenvalue weighted by Gasteiger charge is 2.15. The van der Waals surface area contributed by atoms with Crippen LogP contribution in [-0.4, -0.2) is 22.1 Å². The van der Waals surface area contributed by atoms with Crippen molar-refractivity contribution < 1.29 is 4.79 Å². The van der Waals surface area contributed by atoms with Gasteiger partial charge in [-0.15, -0.1) is 0 Å². The van der Waals surface area contributed by atoms with Crippen LogP contribution in [0.3, 0.4) is 0 Å². The van der Waals surface area contributed by atoms with Crippen molar-refractivity contribution >= 4 is 23.4 Å². The van der Waals surface area contributed by atoms with Crippen LogP contribution in [-0.2, 0) is 24.1 Å². The summed E-state index contributed by atoms with van der Waals surface area (Å²) < 4.78 is 0. The minimum absolute atomic E-state index is 0.0632. The predicted octanol–water partition coefficient (Wildman–Crippen LogP) is 3.25. The van der Waals surface area contributed by atoms with Crippen molar-refractivity contribution in [3.63, 3.8) is 0 Å². The number of carbonyl (C=O) groups excluding carboxylic acids is 1. The largest absolute Gasteiger partial charge is 0.326 e. The van der Waals surface area contributed by atoms with Crippen molar-refractivity contribution in [1.29, 1.82) is 0 Å². The highest BCUT2D eigenvalue weighted by atomic mass is 32.2. The van der Waals surface area contributed by atoms with E-state index in [0.717, 1.165) is 18.5 Å². The Labute approximate surface area is 151 Å². The fourth-order valence-electron chi connectivity index (χ4n) is 3.33. The molecule has 0 aliphatic heterocycles. The lowest BCUT2D eigenvalue weighted by molar-refractivity contribution is -0.116. The third-order valence-electron chi connectivity index (χ3n) is 4.67. The number of aromatic nitrogens is 2. The van der Waals surface area contributed by atoms with Gasteiger partial charge in [0.2, 0.25) is 5.91 Å². The average molecular weight is 357 g/mol. The summed E-state index contributed by atoms with van der Waals surface area (Å²) in [6, 6.07) is 6.11. The minimum Gasteiger partial charge on any atom is -0.326 e. The second kappa shape index (κ2) is 7.87. The summed E-state index contributed by atoms with van der Waals surface area (Å²) in [6.45, 7) is 1.82. The fraction of sp³-hybridized carbons (Fsp3) is 0.421. The Morgan fingerprint density at radius 1 is 1.32 bits per heavy atom. The summed E-state index contributed by atoms with van der Waals surface area (Å²) in [5.41, 5.74) is 4.65. The SMILES string of the molecule is CSc1nc(C)c(CCC(=O)Nc2cccc3c2CCCC3)c(=O)[nH]1. The van der Waals surface area contributed by atoms with E-state index in [2.05, 4.69) is 21.4 Å². The number of anilines is 1. The summed E-state index contributed by atoms with van der Waals surface area (Å²) in [5, 5.41) is 3.63. The van der Waals surface area contributed by atoms with Crippen molar-refractivity contribution in [2.45, 2.75) is 50.6 Å². The van der Waals surface area contributed by atoms with Crippen LogP contribution in [0.25, 0.3) is 0 Å². The molecule has 1 aromatic heterocycles. The Balaban J connectivity index is 1.67. The average Bonchev–Trinajstić information content (AvgIpc) is 2.61. The second-order valence-electron chi connectivity index (χ2n) is 6.34. The number of aromatic amines is 1. The number of rotatable bonds is 5. The first-order valence-corrected chi connectivity index (χ1v) is 9.85. The maximum Gasteiger partial charge on any atom is 0.254 e. The Kier molecular flexibility index (Phi) is 5.58. The van der Waals surface area contributed by atoms with Gasteiger partial charge in [-0.05, 0) is 62.5 Å². The van der Waals surface area contributed by atoms with Gasteiger partial charge in [0.15, 0.2) is 5.16 Å². The number of hydrogen-bond donors (Lipinski definition) is 2. The van der Waals surface area contributed by atoms with Crippen LogP contribution in [0.5, 0.6) is 0 Å². The molecule has 2 N–H and O–H groups in total. The van der Waals surface area contributed by atoms with Gasteiger partial charge in [0.25, 0.3) is 5.56 Å². The third kappa shape index (κ3) is 4.12. The molecule has 3 rings (SSSR count). The van der Waals surface area contributed by atoms with Gasteiger partial charge < -0.3 is 10.3 Å². The number of carbonyl (C=O) groups is 1. The third-order valence-corrected chi connectivity index (χ3v) is 5.25. The smallest absolute Gasteiger partial charge is 0.254 e. The Morgan fingerprint density at radius 3 is 2.88 bits per heavy atom. The number of nitrogens with one attached hydrogen (secondary N) is 2. The molecule has 0 spiro atoms. The Morgan fingerprint density at radius 2 is 2.12 bits per heavy atom. The molecule has 6 heteroatoms. The molecule has 0 unspecified atom stereocenters. The molecule has 0 saturated carbocycles. The zero-order valence-electron chi connectivity index (χ0n) is 14.6. The van der Waals surface area contributed by atoms with Crippen LogP contribution in [0, 0.1) is 6.92 Å². The quantitative estimate of drug-likeness (QED) is 0.636. The molecule has 0 saturated heterocycles. The van der Waals surface area contributed by atoms with E-state index in [9.17, 15) is 9.59 Å². The van der Waals surface area contributed by atoms with Crippen molar-refractivity contribution in [3.8, 4) is 0 Å². The van der Waals surface area contributed by atoms with E-state index >= 15 is 0 Å². The van der Waals surface area contributed by atoms with Gasteiger partial charge in [0.1, 0.15) is 0 Å². The van der Waals surface area contributed by atoms with Gasteiger partial charge in [-0.1, -0.05) is 23.9 Å². The summed E-state index contributed by atoms with van der Waals surface area (Å²) in [5.74, 6) is -0.0632. The first-order chi connectivity index (χ1) is 12.1. The monoisotopic (exact) mass is 357 g/mol. The lowest BCUT2D eigenvalue weighted by atomic mass is 9.90. The molecule has 2 aromatic rings. The van der Waals surface area contributed by atoms with Gasteiger partial charge in [-0.3, -0.25) is 9.59 Å². The van der Waals surface area contributed by atoms with Crippen LogP contribution in [0.15, 0.2) is 28.2 Å². The van der Waals surface area contributed by atoms with Crippen LogP contribution in [0.2, 0.25) is 0 Å². The lowest BCUT2D eigenvalue weighted by Crippen LogP contribution is -2.20. The summed E-state index contributed by atoms with van der Waals surface area (Å²) in [4.78, 5) is 31.6. The van der Waals surface area contributed by atoms with E-state index < -0.39 is 0 Å². The summed E-state index contributed by atoms with van der Waals surface area (Å²) in [6.07, 6.45) is 7.02. The first kappa shape index (κ1) is 17.7. The van der Waals surface area contributed by atoms with Gasteiger partial charge in [0, 0.05) is 23.4 Å². The molecule has 1 aliphatic carbocycles. The molecule has 0 bridgehead atoms. The van der Waals surface area contributed by atoms with E-state index in [0.29, 0.717) is 22.8 Å². The predicted molar refractivity (Wildman–Crippen MR) is 101 cm³/mol. The number of thioether (sulfide) groups is 1. The van der Waals surface area contributed by atoms with Gasteiger partial charge in [0.05, 0.1) is 0 Å². The van der Waals surface area contributed by atoms with Gasteiger partial charge in [-0.25, -0.2) is 4.98 Å². The topological polar surface area (TPSA) is 74.8 Å². The summed E-state index contributed by atoms with van der Waals surface area (Å²) in [7, 11) is 0. The summed E-state index contributed by atoms with van der Waals surface area (Å²) >= 11 is 1.40. The molecule has 1 heterocycles. The van der Waals surface area contributed by atoms with Crippen LogP contribution in [0.1, 0.15) is 41.6 Å². The number of aryl methyl sites for hydroxylation is 2. The fourth-order valence-corrected chi connectivity index (χ4v) is 3.75. The van der Waals surface area contributed by atoms with E-state index in [1.165, 1.54) is 35.7 Å². The van der Waals surface area contributed by atoms with Crippen molar-refractivity contribution in [3.05, 3.63) is 50.9 Å². The van der Waals surface area contributed by atoms with Crippen LogP contribution in [0.4, 0.5) is 5.69 Å². The maximum atomic E-state index is 12.4. The zero-order valence-corrected chi connectivity index (χ0v) is 15.5. The molecule has 0 atom stereocenters. The van der Waals surface area contributed by atoms with E-state index in [4.69, 9.17) is 0 Å². The number of nitrogens with zero attached hydrogens (tertiary/aromatic N) is 1. The van der Waals surface area contributed by atoms with Gasteiger partial charge in [-0.2, -0.15) is 0 Å². The number of benzene rings is 1. The molecule has 0 fully saturated rings. The Hall–Kier alpha value is -2.08. The van der Waals surface area contributed by atoms with Crippen molar-refractivity contribution in [2.75, 3.05) is 11.6 Å². The molecule has 132 valence electrons. The highest BCUT2D eigenvalue weighted by Crippen LogP contribution is 2.28. The van der Waals surface area contributed by atoms with E-state index in [1.807, 2.05) is 25.3 Å². The highest BCUT2D eigenvalue weighted by molar-refractivity contribution is 7.98. The number of amides is 1. The maximum absolute atomic E-state index is 12.4. The van der Waals surface area contributed by atoms with Crippen LogP contribution >= 0.6 is 11.8 Å².